The van der Waals surface area contributed by atoms with Gasteiger partial charge >= 0.3 is 0 Å². The highest BCUT2D eigenvalue weighted by atomic mass is 35.5. The number of halogens is 4. The Balaban J connectivity index is 1.32. The van der Waals surface area contributed by atoms with Crippen molar-refractivity contribution < 1.29 is 13.2 Å². The van der Waals surface area contributed by atoms with Crippen LogP contribution in [0.4, 0.5) is 13.2 Å². The van der Waals surface area contributed by atoms with Crippen molar-refractivity contribution in [2.24, 2.45) is 23.7 Å². The van der Waals surface area contributed by atoms with E-state index in [9.17, 15) is 13.2 Å². The van der Waals surface area contributed by atoms with Crippen LogP contribution < -0.4 is 0 Å². The molecule has 2 aliphatic carbocycles. The van der Waals surface area contributed by atoms with E-state index in [1.807, 2.05) is 6.08 Å². The van der Waals surface area contributed by atoms with Crippen LogP contribution in [0.15, 0.2) is 48.6 Å². The van der Waals surface area contributed by atoms with E-state index in [0.717, 1.165) is 35.4 Å². The fourth-order valence-corrected chi connectivity index (χ4v) is 5.83. The molecular weight excluding hydrogens is 441 g/mol. The van der Waals surface area contributed by atoms with Gasteiger partial charge in [0.15, 0.2) is 0 Å². The van der Waals surface area contributed by atoms with Crippen LogP contribution in [0, 0.1) is 41.1 Å². The first kappa shape index (κ1) is 24.1. The van der Waals surface area contributed by atoms with Crippen LogP contribution >= 0.6 is 11.6 Å². The summed E-state index contributed by atoms with van der Waals surface area (Å²) in [5.74, 6) is 0.778. The summed E-state index contributed by atoms with van der Waals surface area (Å²) in [5.41, 5.74) is 1.06. The second-order valence-corrected chi connectivity index (χ2v) is 10.1. The third kappa shape index (κ3) is 5.93. The highest BCUT2D eigenvalue weighted by molar-refractivity contribution is 6.31. The Bertz CT molecular complexity index is 987. The molecule has 0 spiro atoms. The zero-order chi connectivity index (χ0) is 23.4. The lowest BCUT2D eigenvalue weighted by molar-refractivity contribution is 0.166. The number of hydrogen-bond acceptors (Lipinski definition) is 0. The van der Waals surface area contributed by atoms with Gasteiger partial charge in [-0.3, -0.25) is 0 Å². The van der Waals surface area contributed by atoms with Crippen molar-refractivity contribution in [2.75, 3.05) is 0 Å². The first-order chi connectivity index (χ1) is 15.9. The van der Waals surface area contributed by atoms with E-state index < -0.39 is 22.5 Å². The van der Waals surface area contributed by atoms with E-state index in [2.05, 4.69) is 25.2 Å². The molecule has 0 amide bonds. The van der Waals surface area contributed by atoms with Gasteiger partial charge in [0.05, 0.1) is 0 Å². The highest BCUT2D eigenvalue weighted by Crippen LogP contribution is 2.42. The molecule has 2 aromatic carbocycles. The van der Waals surface area contributed by atoms with Gasteiger partial charge in [0.2, 0.25) is 0 Å². The SMILES string of the molecule is CC=CC1CCC(C2CCC(/C=C/c3ccc(-c4cc(F)c(Cl)c(F)c4)c(F)c3)CC2)CC1. The predicted octanol–water partition coefficient (Wildman–Crippen LogP) is 9.63. The normalized spacial score (nSPS) is 26.3. The Hall–Kier alpha value is -2.00. The zero-order valence-electron chi connectivity index (χ0n) is 19.2. The molecule has 0 radical (unpaired) electrons. The summed E-state index contributed by atoms with van der Waals surface area (Å²) in [5, 5.41) is -0.574. The zero-order valence-corrected chi connectivity index (χ0v) is 19.9. The van der Waals surface area contributed by atoms with Gasteiger partial charge in [-0.2, -0.15) is 0 Å². The quantitative estimate of drug-likeness (QED) is 0.300. The van der Waals surface area contributed by atoms with E-state index in [1.165, 1.54) is 57.4 Å². The Kier molecular flexibility index (Phi) is 8.01. The topological polar surface area (TPSA) is 0 Å². The van der Waals surface area contributed by atoms with E-state index in [0.29, 0.717) is 5.92 Å². The minimum Gasteiger partial charge on any atom is -0.206 e. The molecule has 0 bridgehead atoms. The monoisotopic (exact) mass is 472 g/mol. The van der Waals surface area contributed by atoms with Gasteiger partial charge in [-0.15, -0.1) is 0 Å². The second kappa shape index (κ2) is 11.0. The molecule has 0 saturated heterocycles. The van der Waals surface area contributed by atoms with Gasteiger partial charge < -0.3 is 0 Å². The van der Waals surface area contributed by atoms with Gasteiger partial charge in [-0.1, -0.05) is 48.0 Å². The van der Waals surface area contributed by atoms with Crippen LogP contribution in [0.2, 0.25) is 5.02 Å². The van der Waals surface area contributed by atoms with Crippen LogP contribution in [0.25, 0.3) is 17.2 Å². The first-order valence-corrected chi connectivity index (χ1v) is 12.6. The third-order valence-electron chi connectivity index (χ3n) is 7.61. The van der Waals surface area contributed by atoms with Crippen LogP contribution in [0.5, 0.6) is 0 Å². The van der Waals surface area contributed by atoms with E-state index in [4.69, 9.17) is 11.6 Å². The summed E-state index contributed by atoms with van der Waals surface area (Å²) < 4.78 is 42.2. The summed E-state index contributed by atoms with van der Waals surface area (Å²) in [6, 6.07) is 6.90. The first-order valence-electron chi connectivity index (χ1n) is 12.2. The van der Waals surface area contributed by atoms with Crippen molar-refractivity contribution in [1.82, 2.24) is 0 Å². The largest absolute Gasteiger partial charge is 0.206 e. The standard InChI is InChI=1S/C29H32ClF3/c1-2-3-19-6-11-22(12-7-19)23-13-8-20(9-14-23)4-5-21-10-15-25(26(31)16-21)24-17-27(32)29(30)28(33)18-24/h2-5,10,15-20,22-23H,6-9,11-14H2,1H3/b3-2?,5-4+. The van der Waals surface area contributed by atoms with Crippen molar-refractivity contribution in [3.05, 3.63) is 76.6 Å². The van der Waals surface area contributed by atoms with Crippen molar-refractivity contribution in [3.8, 4) is 11.1 Å². The fraction of sp³-hybridized carbons (Fsp3) is 0.448. The summed E-state index contributed by atoms with van der Waals surface area (Å²) in [6.45, 7) is 2.12. The van der Waals surface area contributed by atoms with Gasteiger partial charge in [0, 0.05) is 5.56 Å². The minimum absolute atomic E-state index is 0.139. The van der Waals surface area contributed by atoms with Gasteiger partial charge in [-0.05, 0) is 111 Å². The minimum atomic E-state index is -0.892. The molecule has 4 rings (SSSR count). The Labute approximate surface area is 200 Å². The molecule has 33 heavy (non-hydrogen) atoms. The van der Waals surface area contributed by atoms with Crippen LogP contribution in [0.3, 0.4) is 0 Å². The Morgan fingerprint density at radius 1 is 0.727 bits per heavy atom. The van der Waals surface area contributed by atoms with Crippen molar-refractivity contribution in [3.63, 3.8) is 0 Å². The summed E-state index contributed by atoms with van der Waals surface area (Å²) in [4.78, 5) is 0. The molecule has 0 aliphatic heterocycles. The molecular formula is C29H32ClF3. The lowest BCUT2D eigenvalue weighted by Gasteiger charge is -2.36. The lowest BCUT2D eigenvalue weighted by Crippen LogP contribution is -2.25. The predicted molar refractivity (Wildman–Crippen MR) is 132 cm³/mol. The van der Waals surface area contributed by atoms with Crippen molar-refractivity contribution in [2.45, 2.75) is 58.3 Å². The molecule has 4 heteroatoms. The molecule has 2 fully saturated rings. The Morgan fingerprint density at radius 2 is 1.27 bits per heavy atom. The maximum atomic E-state index is 14.7. The number of allylic oxidation sites excluding steroid dienone is 3. The number of hydrogen-bond donors (Lipinski definition) is 0. The summed E-state index contributed by atoms with van der Waals surface area (Å²) in [6.07, 6.45) is 19.1. The van der Waals surface area contributed by atoms with Gasteiger partial charge in [0.1, 0.15) is 22.5 Å². The van der Waals surface area contributed by atoms with E-state index in [1.54, 1.807) is 12.1 Å². The smallest absolute Gasteiger partial charge is 0.145 e. The molecule has 0 nitrogen and oxygen atoms in total. The van der Waals surface area contributed by atoms with Crippen LogP contribution in [-0.4, -0.2) is 0 Å². The molecule has 176 valence electrons. The third-order valence-corrected chi connectivity index (χ3v) is 7.97. The molecule has 2 saturated carbocycles. The maximum Gasteiger partial charge on any atom is 0.145 e. The average molecular weight is 473 g/mol. The van der Waals surface area contributed by atoms with Crippen molar-refractivity contribution in [1.29, 1.82) is 0 Å². The maximum absolute atomic E-state index is 14.7. The van der Waals surface area contributed by atoms with E-state index >= 15 is 0 Å². The van der Waals surface area contributed by atoms with Crippen LogP contribution in [0.1, 0.15) is 63.9 Å². The van der Waals surface area contributed by atoms with E-state index in [-0.39, 0.29) is 11.1 Å². The molecule has 0 N–H and O–H groups in total. The van der Waals surface area contributed by atoms with Gasteiger partial charge in [-0.25, -0.2) is 13.2 Å². The van der Waals surface area contributed by atoms with Gasteiger partial charge in [0.25, 0.3) is 0 Å². The van der Waals surface area contributed by atoms with Crippen LogP contribution in [-0.2, 0) is 0 Å². The summed E-state index contributed by atoms with van der Waals surface area (Å²) in [7, 11) is 0. The highest BCUT2D eigenvalue weighted by Gasteiger charge is 2.29. The second-order valence-electron chi connectivity index (χ2n) is 9.73. The lowest BCUT2D eigenvalue weighted by atomic mass is 9.69. The Morgan fingerprint density at radius 3 is 1.79 bits per heavy atom. The molecule has 0 atom stereocenters. The fourth-order valence-electron chi connectivity index (χ4n) is 5.72. The molecule has 0 aromatic heterocycles. The van der Waals surface area contributed by atoms with Crippen molar-refractivity contribution >= 4 is 17.7 Å². The molecule has 0 unspecified atom stereocenters. The summed E-state index contributed by atoms with van der Waals surface area (Å²) >= 11 is 5.53. The number of benzene rings is 2. The number of rotatable bonds is 5. The molecule has 0 heterocycles. The average Bonchev–Trinajstić information content (AvgIpc) is 2.82. The molecule has 2 aromatic rings. The molecule has 2 aliphatic rings.